The van der Waals surface area contributed by atoms with E-state index in [2.05, 4.69) is 5.32 Å². The van der Waals surface area contributed by atoms with E-state index < -0.39 is 0 Å². The van der Waals surface area contributed by atoms with E-state index >= 15 is 0 Å². The van der Waals surface area contributed by atoms with E-state index in [1.165, 1.54) is 6.42 Å². The number of rotatable bonds is 6. The molecule has 0 aromatic carbocycles. The molecule has 4 heteroatoms. The molecule has 2 fully saturated rings. The van der Waals surface area contributed by atoms with Gasteiger partial charge in [0.15, 0.2) is 0 Å². The van der Waals surface area contributed by atoms with Crippen molar-refractivity contribution in [2.75, 3.05) is 46.1 Å². The molecular weight excluding hydrogens is 206 g/mol. The lowest BCUT2D eigenvalue weighted by Crippen LogP contribution is -2.30. The molecule has 0 saturated carbocycles. The van der Waals surface area contributed by atoms with Gasteiger partial charge in [0.05, 0.1) is 19.3 Å². The number of hydrogen-bond donors (Lipinski definition) is 1. The highest BCUT2D eigenvalue weighted by Crippen LogP contribution is 2.11. The predicted molar refractivity (Wildman–Crippen MR) is 61.6 cm³/mol. The second kappa shape index (κ2) is 7.22. The first-order chi connectivity index (χ1) is 7.95. The molecule has 2 heterocycles. The third-order valence-corrected chi connectivity index (χ3v) is 3.26. The Morgan fingerprint density at radius 3 is 2.62 bits per heavy atom. The maximum atomic E-state index is 5.77. The lowest BCUT2D eigenvalue weighted by molar-refractivity contribution is -0.0306. The largest absolute Gasteiger partial charge is 0.381 e. The van der Waals surface area contributed by atoms with E-state index in [0.717, 1.165) is 59.0 Å². The van der Waals surface area contributed by atoms with Crippen molar-refractivity contribution in [1.29, 1.82) is 0 Å². The van der Waals surface area contributed by atoms with E-state index in [-0.39, 0.29) is 0 Å². The fourth-order valence-corrected chi connectivity index (χ4v) is 2.19. The molecular formula is C12H23NO3. The van der Waals surface area contributed by atoms with Gasteiger partial charge in [0.1, 0.15) is 0 Å². The second-order valence-electron chi connectivity index (χ2n) is 4.62. The average molecular weight is 229 g/mol. The van der Waals surface area contributed by atoms with Gasteiger partial charge >= 0.3 is 0 Å². The third-order valence-electron chi connectivity index (χ3n) is 3.26. The molecule has 0 aromatic heterocycles. The summed E-state index contributed by atoms with van der Waals surface area (Å²) >= 11 is 0. The molecule has 1 N–H and O–H groups in total. The van der Waals surface area contributed by atoms with E-state index in [4.69, 9.17) is 14.2 Å². The SMILES string of the molecule is C(COC1CCOCC1)NCC1CCOC1. The Kier molecular flexibility index (Phi) is 5.55. The summed E-state index contributed by atoms with van der Waals surface area (Å²) in [5, 5.41) is 3.43. The molecule has 0 bridgehead atoms. The highest BCUT2D eigenvalue weighted by atomic mass is 16.5. The van der Waals surface area contributed by atoms with Crippen LogP contribution in [0.3, 0.4) is 0 Å². The van der Waals surface area contributed by atoms with Crippen molar-refractivity contribution in [3.8, 4) is 0 Å². The number of hydrogen-bond acceptors (Lipinski definition) is 4. The summed E-state index contributed by atoms with van der Waals surface area (Å²) in [6.45, 7) is 6.41. The van der Waals surface area contributed by atoms with Crippen LogP contribution in [0, 0.1) is 5.92 Å². The van der Waals surface area contributed by atoms with Gasteiger partial charge in [0.25, 0.3) is 0 Å². The predicted octanol–water partition coefficient (Wildman–Crippen LogP) is 0.808. The van der Waals surface area contributed by atoms with Gasteiger partial charge in [0, 0.05) is 32.9 Å². The summed E-state index contributed by atoms with van der Waals surface area (Å²) in [6, 6.07) is 0. The summed E-state index contributed by atoms with van der Waals surface area (Å²) in [7, 11) is 0. The molecule has 0 aliphatic carbocycles. The van der Waals surface area contributed by atoms with Crippen LogP contribution in [0.25, 0.3) is 0 Å². The molecule has 94 valence electrons. The Hall–Kier alpha value is -0.160. The first-order valence-electron chi connectivity index (χ1n) is 6.43. The molecule has 4 nitrogen and oxygen atoms in total. The summed E-state index contributed by atoms with van der Waals surface area (Å²) in [4.78, 5) is 0. The van der Waals surface area contributed by atoms with E-state index in [1.54, 1.807) is 0 Å². The average Bonchev–Trinajstić information content (AvgIpc) is 2.83. The van der Waals surface area contributed by atoms with Gasteiger partial charge in [-0.1, -0.05) is 0 Å². The first kappa shape index (κ1) is 12.3. The molecule has 1 atom stereocenters. The summed E-state index contributed by atoms with van der Waals surface area (Å²) < 4.78 is 16.4. The van der Waals surface area contributed by atoms with Crippen LogP contribution in [0.15, 0.2) is 0 Å². The van der Waals surface area contributed by atoms with Crippen molar-refractivity contribution in [2.45, 2.75) is 25.4 Å². The molecule has 2 rings (SSSR count). The fraction of sp³-hybridized carbons (Fsp3) is 1.00. The molecule has 0 aromatic rings. The summed E-state index contributed by atoms with van der Waals surface area (Å²) in [5.74, 6) is 0.711. The van der Waals surface area contributed by atoms with Crippen LogP contribution in [-0.2, 0) is 14.2 Å². The number of ether oxygens (including phenoxy) is 3. The van der Waals surface area contributed by atoms with Crippen LogP contribution in [0.2, 0.25) is 0 Å². The monoisotopic (exact) mass is 229 g/mol. The van der Waals surface area contributed by atoms with E-state index in [0.29, 0.717) is 12.0 Å². The topological polar surface area (TPSA) is 39.7 Å². The molecule has 0 radical (unpaired) electrons. The van der Waals surface area contributed by atoms with Crippen molar-refractivity contribution < 1.29 is 14.2 Å². The Morgan fingerprint density at radius 2 is 1.88 bits per heavy atom. The Balaban J connectivity index is 1.42. The van der Waals surface area contributed by atoms with Gasteiger partial charge < -0.3 is 19.5 Å². The highest BCUT2D eigenvalue weighted by molar-refractivity contribution is 4.67. The molecule has 2 aliphatic heterocycles. The van der Waals surface area contributed by atoms with Gasteiger partial charge in [-0.05, 0) is 25.2 Å². The van der Waals surface area contributed by atoms with Gasteiger partial charge in [0.2, 0.25) is 0 Å². The van der Waals surface area contributed by atoms with Crippen molar-refractivity contribution in [3.05, 3.63) is 0 Å². The summed E-state index contributed by atoms with van der Waals surface area (Å²) in [6.07, 6.45) is 3.73. The fourth-order valence-electron chi connectivity index (χ4n) is 2.19. The van der Waals surface area contributed by atoms with Crippen molar-refractivity contribution >= 4 is 0 Å². The minimum Gasteiger partial charge on any atom is -0.381 e. The standard InChI is InChI=1S/C12H23NO3/c1-5-15-10-11(1)9-13-4-8-16-12-2-6-14-7-3-12/h11-13H,1-10H2. The van der Waals surface area contributed by atoms with E-state index in [9.17, 15) is 0 Å². The van der Waals surface area contributed by atoms with Crippen LogP contribution in [-0.4, -0.2) is 52.2 Å². The Bertz CT molecular complexity index is 177. The quantitative estimate of drug-likeness (QED) is 0.684. The maximum absolute atomic E-state index is 5.77. The number of nitrogens with one attached hydrogen (secondary N) is 1. The summed E-state index contributed by atoms with van der Waals surface area (Å²) in [5.41, 5.74) is 0. The highest BCUT2D eigenvalue weighted by Gasteiger charge is 2.15. The molecule has 1 unspecified atom stereocenters. The van der Waals surface area contributed by atoms with Gasteiger partial charge in [-0.15, -0.1) is 0 Å². The van der Waals surface area contributed by atoms with Crippen LogP contribution in [0.1, 0.15) is 19.3 Å². The third kappa shape index (κ3) is 4.37. The van der Waals surface area contributed by atoms with Gasteiger partial charge in [-0.25, -0.2) is 0 Å². The molecule has 0 spiro atoms. The van der Waals surface area contributed by atoms with Crippen molar-refractivity contribution in [2.24, 2.45) is 5.92 Å². The van der Waals surface area contributed by atoms with Crippen LogP contribution >= 0.6 is 0 Å². The van der Waals surface area contributed by atoms with Gasteiger partial charge in [-0.3, -0.25) is 0 Å². The second-order valence-corrected chi connectivity index (χ2v) is 4.62. The minimum atomic E-state index is 0.422. The smallest absolute Gasteiger partial charge is 0.0619 e. The maximum Gasteiger partial charge on any atom is 0.0619 e. The van der Waals surface area contributed by atoms with Crippen molar-refractivity contribution in [3.63, 3.8) is 0 Å². The molecule has 2 saturated heterocycles. The first-order valence-corrected chi connectivity index (χ1v) is 6.43. The van der Waals surface area contributed by atoms with Crippen LogP contribution in [0.4, 0.5) is 0 Å². The zero-order valence-corrected chi connectivity index (χ0v) is 9.95. The van der Waals surface area contributed by atoms with Crippen LogP contribution < -0.4 is 5.32 Å². The van der Waals surface area contributed by atoms with E-state index in [1.807, 2.05) is 0 Å². The minimum absolute atomic E-state index is 0.422. The normalized spacial score (nSPS) is 27.4. The Morgan fingerprint density at radius 1 is 1.06 bits per heavy atom. The molecule has 16 heavy (non-hydrogen) atoms. The van der Waals surface area contributed by atoms with Gasteiger partial charge in [-0.2, -0.15) is 0 Å². The zero-order valence-electron chi connectivity index (χ0n) is 9.95. The van der Waals surface area contributed by atoms with Crippen molar-refractivity contribution in [1.82, 2.24) is 5.32 Å². The lowest BCUT2D eigenvalue weighted by atomic mass is 10.1. The molecule has 2 aliphatic rings. The van der Waals surface area contributed by atoms with Crippen LogP contribution in [0.5, 0.6) is 0 Å². The molecule has 0 amide bonds. The Labute approximate surface area is 97.6 Å². The lowest BCUT2D eigenvalue weighted by Gasteiger charge is -2.22. The zero-order chi connectivity index (χ0) is 11.1.